The van der Waals surface area contributed by atoms with E-state index in [-0.39, 0.29) is 22.8 Å². The minimum Gasteiger partial charge on any atom is -0.390 e. The Labute approximate surface area is 144 Å². The summed E-state index contributed by atoms with van der Waals surface area (Å²) < 4.78 is 1.18. The van der Waals surface area contributed by atoms with Gasteiger partial charge in [-0.1, -0.05) is 16.6 Å². The Morgan fingerprint density at radius 3 is 2.64 bits per heavy atom. The first-order chi connectivity index (χ1) is 11.8. The van der Waals surface area contributed by atoms with E-state index in [0.717, 1.165) is 18.5 Å². The van der Waals surface area contributed by atoms with Crippen molar-refractivity contribution in [2.45, 2.75) is 13.5 Å². The minimum atomic E-state index is -0.735. The first-order valence-corrected chi connectivity index (χ1v) is 6.97. The van der Waals surface area contributed by atoms with Crippen LogP contribution in [0.1, 0.15) is 17.3 Å². The zero-order chi connectivity index (χ0) is 18.6. The number of nitrogens with one attached hydrogen (secondary N) is 1. The zero-order valence-corrected chi connectivity index (χ0v) is 13.4. The van der Waals surface area contributed by atoms with Gasteiger partial charge in [-0.05, 0) is 17.9 Å². The van der Waals surface area contributed by atoms with E-state index in [1.54, 1.807) is 6.92 Å². The second-order valence-corrected chi connectivity index (χ2v) is 5.12. The Morgan fingerprint density at radius 1 is 1.36 bits per heavy atom. The predicted octanol–water partition coefficient (Wildman–Crippen LogP) is 1.55. The number of rotatable bonds is 6. The molecule has 2 rings (SSSR count). The molecule has 1 aromatic heterocycles. The highest BCUT2D eigenvalue weighted by atomic mass is 35.5. The lowest BCUT2D eigenvalue weighted by molar-refractivity contribution is -0.394. The summed E-state index contributed by atoms with van der Waals surface area (Å²) in [4.78, 5) is 35.2. The summed E-state index contributed by atoms with van der Waals surface area (Å²) in [7, 11) is 0. The van der Waals surface area contributed by atoms with Gasteiger partial charge in [-0.25, -0.2) is 5.43 Å². The Bertz CT molecular complexity index is 878. The molecule has 13 heteroatoms. The smallest absolute Gasteiger partial charge is 0.390 e. The summed E-state index contributed by atoms with van der Waals surface area (Å²) in [5, 5.41) is 28.5. The van der Waals surface area contributed by atoms with Crippen molar-refractivity contribution in [3.05, 3.63) is 55.3 Å². The maximum atomic E-state index is 12.0. The first kappa shape index (κ1) is 17.9. The maximum Gasteiger partial charge on any atom is 0.490 e. The number of halogens is 1. The first-order valence-electron chi connectivity index (χ1n) is 6.59. The van der Waals surface area contributed by atoms with E-state index in [2.05, 4.69) is 20.6 Å². The number of benzene rings is 1. The van der Waals surface area contributed by atoms with Gasteiger partial charge in [0.05, 0.1) is 27.8 Å². The number of amides is 1. The molecule has 25 heavy (non-hydrogen) atoms. The third-order valence-corrected chi connectivity index (χ3v) is 3.15. The topological polar surface area (TPSA) is 158 Å². The number of nitro groups is 2. The highest BCUT2D eigenvalue weighted by Gasteiger charge is 2.15. The van der Waals surface area contributed by atoms with Crippen molar-refractivity contribution in [1.29, 1.82) is 0 Å². The van der Waals surface area contributed by atoms with Crippen LogP contribution < -0.4 is 5.43 Å². The SMILES string of the molecule is CC(Cn1cnc([N+](=O)[O-])n1)=NNC(=O)c1ccc([N+](=O)[O-])cc1Cl. The quantitative estimate of drug-likeness (QED) is 0.460. The second-order valence-electron chi connectivity index (χ2n) is 4.71. The fraction of sp³-hybridized carbons (Fsp3) is 0.167. The van der Waals surface area contributed by atoms with E-state index < -0.39 is 21.7 Å². The largest absolute Gasteiger partial charge is 0.490 e. The molecule has 0 aliphatic carbocycles. The molecule has 1 N–H and O–H groups in total. The molecule has 0 unspecified atom stereocenters. The Balaban J connectivity index is 2.03. The van der Waals surface area contributed by atoms with Gasteiger partial charge in [0, 0.05) is 17.2 Å². The maximum absolute atomic E-state index is 12.0. The lowest BCUT2D eigenvalue weighted by Crippen LogP contribution is -2.21. The molecule has 1 heterocycles. The highest BCUT2D eigenvalue weighted by Crippen LogP contribution is 2.22. The van der Waals surface area contributed by atoms with Crippen molar-refractivity contribution < 1.29 is 14.6 Å². The van der Waals surface area contributed by atoms with E-state index in [1.807, 2.05) is 0 Å². The summed E-state index contributed by atoms with van der Waals surface area (Å²) >= 11 is 5.85. The van der Waals surface area contributed by atoms with Gasteiger partial charge in [0.2, 0.25) is 6.33 Å². The summed E-state index contributed by atoms with van der Waals surface area (Å²) in [5.74, 6) is -1.21. The van der Waals surface area contributed by atoms with Crippen LogP contribution in [0.25, 0.3) is 0 Å². The molecule has 0 aliphatic rings. The molecule has 0 atom stereocenters. The second kappa shape index (κ2) is 7.44. The number of aromatic nitrogens is 3. The van der Waals surface area contributed by atoms with Crippen LogP contribution in [0.3, 0.4) is 0 Å². The Kier molecular flexibility index (Phi) is 5.34. The van der Waals surface area contributed by atoms with Gasteiger partial charge in [-0.15, -0.1) is 0 Å². The van der Waals surface area contributed by atoms with Crippen molar-refractivity contribution in [2.24, 2.45) is 5.10 Å². The number of hydrazone groups is 1. The monoisotopic (exact) mass is 367 g/mol. The molecule has 1 amide bonds. The molecule has 0 radical (unpaired) electrons. The third kappa shape index (κ3) is 4.54. The molecule has 12 nitrogen and oxygen atoms in total. The van der Waals surface area contributed by atoms with Gasteiger partial charge < -0.3 is 10.1 Å². The normalized spacial score (nSPS) is 11.2. The van der Waals surface area contributed by atoms with E-state index >= 15 is 0 Å². The summed E-state index contributed by atoms with van der Waals surface area (Å²) in [6.45, 7) is 1.63. The molecule has 1 aromatic carbocycles. The number of carbonyl (C=O) groups excluding carboxylic acids is 1. The number of nitrogens with zero attached hydrogens (tertiary/aromatic N) is 6. The van der Waals surface area contributed by atoms with Crippen molar-refractivity contribution >= 4 is 34.9 Å². The van der Waals surface area contributed by atoms with Crippen molar-refractivity contribution in [2.75, 3.05) is 0 Å². The summed E-state index contributed by atoms with van der Waals surface area (Å²) in [6, 6.07) is 3.41. The molecule has 0 fully saturated rings. The van der Waals surface area contributed by atoms with Crippen LogP contribution in [0.4, 0.5) is 11.6 Å². The summed E-state index contributed by atoms with van der Waals surface area (Å²) in [6.07, 6.45) is 1.16. The number of carbonyl (C=O) groups is 1. The van der Waals surface area contributed by atoms with Crippen LogP contribution in [-0.4, -0.2) is 36.2 Å². The number of non-ortho nitro benzene ring substituents is 1. The van der Waals surface area contributed by atoms with Crippen molar-refractivity contribution in [1.82, 2.24) is 20.2 Å². The van der Waals surface area contributed by atoms with Crippen LogP contribution in [0, 0.1) is 20.2 Å². The van der Waals surface area contributed by atoms with E-state index in [1.165, 1.54) is 10.7 Å². The van der Waals surface area contributed by atoms with Gasteiger partial charge in [0.25, 0.3) is 11.6 Å². The van der Waals surface area contributed by atoms with Gasteiger partial charge >= 0.3 is 5.95 Å². The lowest BCUT2D eigenvalue weighted by Gasteiger charge is -2.04. The molecule has 2 aromatic rings. The van der Waals surface area contributed by atoms with Gasteiger partial charge in [-0.3, -0.25) is 14.9 Å². The highest BCUT2D eigenvalue weighted by molar-refractivity contribution is 6.34. The van der Waals surface area contributed by atoms with Crippen molar-refractivity contribution in [3.63, 3.8) is 0 Å². The fourth-order valence-corrected chi connectivity index (χ4v) is 1.98. The molecule has 130 valence electrons. The van der Waals surface area contributed by atoms with Crippen LogP contribution in [0.15, 0.2) is 29.6 Å². The molecular formula is C12H10ClN7O5. The average Bonchev–Trinajstić information content (AvgIpc) is 3.01. The predicted molar refractivity (Wildman–Crippen MR) is 85.4 cm³/mol. The number of hydrogen-bond acceptors (Lipinski definition) is 8. The Hall–Kier alpha value is -3.41. The fourth-order valence-electron chi connectivity index (χ4n) is 1.72. The van der Waals surface area contributed by atoms with Gasteiger partial charge in [0.15, 0.2) is 0 Å². The molecule has 0 saturated carbocycles. The molecule has 0 saturated heterocycles. The zero-order valence-electron chi connectivity index (χ0n) is 12.6. The summed E-state index contributed by atoms with van der Waals surface area (Å²) in [5.41, 5.74) is 2.39. The molecule has 0 aliphatic heterocycles. The Morgan fingerprint density at radius 2 is 2.08 bits per heavy atom. The van der Waals surface area contributed by atoms with E-state index in [0.29, 0.717) is 5.71 Å². The molecule has 0 bridgehead atoms. The van der Waals surface area contributed by atoms with Gasteiger partial charge in [0.1, 0.15) is 0 Å². The van der Waals surface area contributed by atoms with Crippen LogP contribution in [0.2, 0.25) is 5.02 Å². The third-order valence-electron chi connectivity index (χ3n) is 2.83. The van der Waals surface area contributed by atoms with Crippen LogP contribution in [0.5, 0.6) is 0 Å². The average molecular weight is 368 g/mol. The van der Waals surface area contributed by atoms with Crippen LogP contribution in [-0.2, 0) is 6.54 Å². The lowest BCUT2D eigenvalue weighted by atomic mass is 10.2. The minimum absolute atomic E-state index is 0.0141. The van der Waals surface area contributed by atoms with Crippen LogP contribution >= 0.6 is 11.6 Å². The van der Waals surface area contributed by atoms with Gasteiger partial charge in [-0.2, -0.15) is 9.78 Å². The number of hydrogen-bond donors (Lipinski definition) is 1. The molecular weight excluding hydrogens is 358 g/mol. The van der Waals surface area contributed by atoms with Crippen molar-refractivity contribution in [3.8, 4) is 0 Å². The standard InChI is InChI=1S/C12H10ClN7O5/c1-7(5-18-6-14-12(17-18)20(24)25)15-16-11(21)9-3-2-8(19(22)23)4-10(9)13/h2-4,6H,5H2,1H3,(H,16,21). The number of nitro benzene ring substituents is 1. The molecule has 0 spiro atoms. The van der Waals surface area contributed by atoms with E-state index in [9.17, 15) is 25.0 Å². The van der Waals surface area contributed by atoms with E-state index in [4.69, 9.17) is 11.6 Å².